The summed E-state index contributed by atoms with van der Waals surface area (Å²) in [4.78, 5) is 10.3. The average Bonchev–Trinajstić information content (AvgIpc) is 2.36. The molecule has 0 saturated carbocycles. The Morgan fingerprint density at radius 1 is 1.26 bits per heavy atom. The second kappa shape index (κ2) is 5.83. The molecule has 98 valence electrons. The molecule has 2 aromatic carbocycles. The lowest BCUT2D eigenvalue weighted by Crippen LogP contribution is -1.96. The summed E-state index contributed by atoms with van der Waals surface area (Å²) in [5, 5.41) is 10.9. The van der Waals surface area contributed by atoms with Crippen LogP contribution >= 0.6 is 38.5 Å². The predicted octanol–water partition coefficient (Wildman–Crippen LogP) is 4.89. The number of nitrogens with zero attached hydrogens (tertiary/aromatic N) is 1. The van der Waals surface area contributed by atoms with Gasteiger partial charge in [-0.1, -0.05) is 12.1 Å². The molecule has 0 N–H and O–H groups in total. The van der Waals surface area contributed by atoms with E-state index in [-0.39, 0.29) is 15.0 Å². The van der Waals surface area contributed by atoms with E-state index in [1.54, 1.807) is 46.9 Å². The third kappa shape index (κ3) is 3.21. The summed E-state index contributed by atoms with van der Waals surface area (Å²) in [5.74, 6) is -0.311. The van der Waals surface area contributed by atoms with Gasteiger partial charge in [-0.2, -0.15) is 0 Å². The predicted molar refractivity (Wildman–Crippen MR) is 80.0 cm³/mol. The third-order valence-corrected chi connectivity index (χ3v) is 3.74. The highest BCUT2D eigenvalue weighted by molar-refractivity contribution is 14.1. The van der Waals surface area contributed by atoms with Crippen molar-refractivity contribution in [2.75, 3.05) is 0 Å². The van der Waals surface area contributed by atoms with Gasteiger partial charge in [-0.25, -0.2) is 4.39 Å². The van der Waals surface area contributed by atoms with Crippen LogP contribution in [0, 0.1) is 19.5 Å². The van der Waals surface area contributed by atoms with Crippen molar-refractivity contribution >= 4 is 44.2 Å². The molecule has 0 atom stereocenters. The molecular formula is C12H6BrFINO3. The quantitative estimate of drug-likeness (QED) is 0.390. The fourth-order valence-electron chi connectivity index (χ4n) is 1.39. The number of nitro groups is 1. The van der Waals surface area contributed by atoms with Gasteiger partial charge >= 0.3 is 5.69 Å². The van der Waals surface area contributed by atoms with Crippen LogP contribution in [-0.4, -0.2) is 4.92 Å². The molecule has 0 amide bonds. The Bertz CT molecular complexity index is 651. The van der Waals surface area contributed by atoms with Crippen LogP contribution in [0.25, 0.3) is 0 Å². The maximum Gasteiger partial charge on any atom is 0.312 e. The third-order valence-electron chi connectivity index (χ3n) is 2.26. The molecule has 0 aliphatic heterocycles. The van der Waals surface area contributed by atoms with Crippen LogP contribution in [0.5, 0.6) is 11.5 Å². The SMILES string of the molecule is O=[N+]([O-])c1cc(I)c(F)cc1Oc1ccccc1Br. The molecule has 2 aromatic rings. The van der Waals surface area contributed by atoms with Gasteiger partial charge in [-0.3, -0.25) is 10.1 Å². The molecule has 0 unspecified atom stereocenters. The number of benzene rings is 2. The Hall–Kier alpha value is -1.22. The van der Waals surface area contributed by atoms with Crippen LogP contribution in [0.1, 0.15) is 0 Å². The topological polar surface area (TPSA) is 52.4 Å². The van der Waals surface area contributed by atoms with Gasteiger partial charge in [0, 0.05) is 12.1 Å². The van der Waals surface area contributed by atoms with Crippen molar-refractivity contribution in [3.63, 3.8) is 0 Å². The van der Waals surface area contributed by atoms with Crippen LogP contribution in [0.15, 0.2) is 40.9 Å². The highest BCUT2D eigenvalue weighted by atomic mass is 127. The fraction of sp³-hybridized carbons (Fsp3) is 0. The van der Waals surface area contributed by atoms with Gasteiger partial charge in [0.05, 0.1) is 13.0 Å². The van der Waals surface area contributed by atoms with Gasteiger partial charge < -0.3 is 4.74 Å². The Labute approximate surface area is 130 Å². The van der Waals surface area contributed by atoms with E-state index in [1.807, 2.05) is 0 Å². The molecule has 0 aliphatic carbocycles. The minimum Gasteiger partial charge on any atom is -0.449 e. The van der Waals surface area contributed by atoms with Crippen LogP contribution in [-0.2, 0) is 0 Å². The lowest BCUT2D eigenvalue weighted by molar-refractivity contribution is -0.385. The molecule has 0 saturated heterocycles. The average molecular weight is 438 g/mol. The number of para-hydroxylation sites is 1. The fourth-order valence-corrected chi connectivity index (χ4v) is 2.20. The van der Waals surface area contributed by atoms with E-state index in [2.05, 4.69) is 15.9 Å². The maximum atomic E-state index is 13.5. The van der Waals surface area contributed by atoms with Crippen molar-refractivity contribution in [2.24, 2.45) is 0 Å². The Morgan fingerprint density at radius 2 is 1.95 bits per heavy atom. The van der Waals surface area contributed by atoms with E-state index < -0.39 is 10.7 Å². The van der Waals surface area contributed by atoms with Gasteiger partial charge in [0.15, 0.2) is 0 Å². The standard InChI is InChI=1S/C12H6BrFINO3/c13-7-3-1-2-4-11(7)19-12-5-8(14)9(15)6-10(12)16(17)18/h1-6H. The molecule has 0 bridgehead atoms. The van der Waals surface area contributed by atoms with E-state index in [4.69, 9.17) is 4.74 Å². The Morgan fingerprint density at radius 3 is 2.58 bits per heavy atom. The van der Waals surface area contributed by atoms with Crippen molar-refractivity contribution in [3.8, 4) is 11.5 Å². The molecule has 7 heteroatoms. The van der Waals surface area contributed by atoms with E-state index in [0.29, 0.717) is 10.2 Å². The van der Waals surface area contributed by atoms with Crippen LogP contribution in [0.4, 0.5) is 10.1 Å². The molecular weight excluding hydrogens is 432 g/mol. The summed E-state index contributed by atoms with van der Waals surface area (Å²) in [5.41, 5.74) is -0.276. The van der Waals surface area contributed by atoms with Gasteiger partial charge in [-0.05, 0) is 50.7 Å². The minimum atomic E-state index is -0.603. The van der Waals surface area contributed by atoms with Crippen molar-refractivity contribution in [3.05, 3.63) is 60.4 Å². The number of hydrogen-bond acceptors (Lipinski definition) is 3. The highest BCUT2D eigenvalue weighted by Gasteiger charge is 2.20. The molecule has 0 fully saturated rings. The van der Waals surface area contributed by atoms with Crippen LogP contribution in [0.2, 0.25) is 0 Å². The van der Waals surface area contributed by atoms with E-state index >= 15 is 0 Å². The zero-order chi connectivity index (χ0) is 14.0. The monoisotopic (exact) mass is 437 g/mol. The van der Waals surface area contributed by atoms with Gasteiger partial charge in [0.1, 0.15) is 11.6 Å². The largest absolute Gasteiger partial charge is 0.449 e. The Kier molecular flexibility index (Phi) is 4.35. The maximum absolute atomic E-state index is 13.5. The number of hydrogen-bond donors (Lipinski definition) is 0. The number of nitro benzene ring substituents is 1. The normalized spacial score (nSPS) is 10.3. The van der Waals surface area contributed by atoms with Crippen molar-refractivity contribution in [1.82, 2.24) is 0 Å². The van der Waals surface area contributed by atoms with Crippen LogP contribution in [0.3, 0.4) is 0 Å². The summed E-state index contributed by atoms with van der Waals surface area (Å²) < 4.78 is 19.7. The second-order valence-electron chi connectivity index (χ2n) is 3.52. The zero-order valence-corrected chi connectivity index (χ0v) is 13.0. The zero-order valence-electron chi connectivity index (χ0n) is 9.27. The minimum absolute atomic E-state index is 0.130. The Balaban J connectivity index is 2.48. The summed E-state index contributed by atoms with van der Waals surface area (Å²) >= 11 is 4.95. The van der Waals surface area contributed by atoms with Crippen molar-refractivity contribution in [2.45, 2.75) is 0 Å². The lowest BCUT2D eigenvalue weighted by atomic mass is 10.3. The molecule has 4 nitrogen and oxygen atoms in total. The highest BCUT2D eigenvalue weighted by Crippen LogP contribution is 2.36. The number of halogens is 3. The molecule has 0 heterocycles. The number of rotatable bonds is 3. The molecule has 2 rings (SSSR count). The smallest absolute Gasteiger partial charge is 0.312 e. The van der Waals surface area contributed by atoms with E-state index in [1.165, 1.54) is 0 Å². The molecule has 0 aromatic heterocycles. The van der Waals surface area contributed by atoms with Gasteiger partial charge in [0.25, 0.3) is 0 Å². The first kappa shape index (κ1) is 14.2. The molecule has 19 heavy (non-hydrogen) atoms. The molecule has 0 spiro atoms. The first-order valence-corrected chi connectivity index (χ1v) is 6.92. The van der Waals surface area contributed by atoms with Crippen molar-refractivity contribution < 1.29 is 14.1 Å². The first-order valence-electron chi connectivity index (χ1n) is 5.05. The molecule has 0 radical (unpaired) electrons. The summed E-state index contributed by atoms with van der Waals surface area (Å²) in [6, 6.07) is 9.00. The van der Waals surface area contributed by atoms with E-state index in [0.717, 1.165) is 12.1 Å². The van der Waals surface area contributed by atoms with Crippen LogP contribution < -0.4 is 4.74 Å². The molecule has 0 aliphatic rings. The first-order chi connectivity index (χ1) is 8.99. The second-order valence-corrected chi connectivity index (χ2v) is 5.54. The summed E-state index contributed by atoms with van der Waals surface area (Å²) in [6.07, 6.45) is 0. The van der Waals surface area contributed by atoms with Gasteiger partial charge in [-0.15, -0.1) is 0 Å². The summed E-state index contributed by atoms with van der Waals surface area (Å²) in [7, 11) is 0. The van der Waals surface area contributed by atoms with E-state index in [9.17, 15) is 14.5 Å². The van der Waals surface area contributed by atoms with Gasteiger partial charge in [0.2, 0.25) is 5.75 Å². The van der Waals surface area contributed by atoms with Crippen molar-refractivity contribution in [1.29, 1.82) is 0 Å². The summed E-state index contributed by atoms with van der Waals surface area (Å²) in [6.45, 7) is 0. The lowest BCUT2D eigenvalue weighted by Gasteiger charge is -2.08. The number of ether oxygens (including phenoxy) is 1.